The minimum Gasteiger partial charge on any atom is -0.399 e. The van der Waals surface area contributed by atoms with Crippen LogP contribution in [0.4, 0.5) is 0 Å². The number of hydrogen-bond acceptors (Lipinski definition) is 1. The Morgan fingerprint density at radius 3 is 2.91 bits per heavy atom. The Bertz CT molecular complexity index is 231. The summed E-state index contributed by atoms with van der Waals surface area (Å²) in [5.41, 5.74) is 9.37. The molecule has 0 spiro atoms. The van der Waals surface area contributed by atoms with Crippen molar-refractivity contribution in [1.29, 1.82) is 0 Å². The zero-order chi connectivity index (χ0) is 8.27. The molecule has 0 aromatic rings. The van der Waals surface area contributed by atoms with E-state index in [0.717, 1.165) is 18.5 Å². The highest BCUT2D eigenvalue weighted by atomic mass is 14.6. The summed E-state index contributed by atoms with van der Waals surface area (Å²) < 4.78 is 0. The summed E-state index contributed by atoms with van der Waals surface area (Å²) in [6, 6.07) is 0. The number of hydrogen-bond donors (Lipinski definition) is 1. The lowest BCUT2D eigenvalue weighted by Crippen LogP contribution is -1.96. The van der Waals surface area contributed by atoms with Crippen molar-refractivity contribution >= 4 is 0 Å². The van der Waals surface area contributed by atoms with Gasteiger partial charge in [-0.05, 0) is 31.4 Å². The minimum atomic E-state index is 0.921. The lowest BCUT2D eigenvalue weighted by atomic mass is 10.1. The molecule has 0 saturated heterocycles. The van der Waals surface area contributed by atoms with E-state index in [-0.39, 0.29) is 0 Å². The Kier molecular flexibility index (Phi) is 2.53. The molecule has 2 N–H and O–H groups in total. The standard InChI is InChI=1S/C10H15N/c1-3-9-7-8(2)5-4-6-10(9)11/h4,6-7H,3,5,11H2,1-2H3. The maximum atomic E-state index is 5.80. The lowest BCUT2D eigenvalue weighted by Gasteiger charge is -1.99. The predicted molar refractivity (Wildman–Crippen MR) is 49.0 cm³/mol. The van der Waals surface area contributed by atoms with Crippen molar-refractivity contribution in [2.24, 2.45) is 5.73 Å². The molecule has 1 aliphatic carbocycles. The molecule has 0 fully saturated rings. The van der Waals surface area contributed by atoms with Gasteiger partial charge in [0.2, 0.25) is 0 Å². The van der Waals surface area contributed by atoms with Gasteiger partial charge < -0.3 is 5.73 Å². The highest BCUT2D eigenvalue weighted by molar-refractivity contribution is 5.36. The molecule has 0 atom stereocenters. The van der Waals surface area contributed by atoms with Crippen LogP contribution < -0.4 is 5.73 Å². The fourth-order valence-electron chi connectivity index (χ4n) is 1.22. The summed E-state index contributed by atoms with van der Waals surface area (Å²) in [6.07, 6.45) is 8.36. The molecule has 0 radical (unpaired) electrons. The normalized spacial score (nSPS) is 18.2. The fourth-order valence-corrected chi connectivity index (χ4v) is 1.22. The van der Waals surface area contributed by atoms with Crippen LogP contribution in [0.5, 0.6) is 0 Å². The molecule has 0 heterocycles. The maximum absolute atomic E-state index is 5.80. The van der Waals surface area contributed by atoms with Crippen LogP contribution in [0.1, 0.15) is 26.7 Å². The molecule has 1 heteroatoms. The van der Waals surface area contributed by atoms with Crippen LogP contribution in [-0.2, 0) is 0 Å². The maximum Gasteiger partial charge on any atom is 0.0343 e. The van der Waals surface area contributed by atoms with Crippen LogP contribution in [0, 0.1) is 0 Å². The van der Waals surface area contributed by atoms with Gasteiger partial charge in [-0.15, -0.1) is 0 Å². The van der Waals surface area contributed by atoms with Crippen LogP contribution in [0.3, 0.4) is 0 Å². The summed E-state index contributed by atoms with van der Waals surface area (Å²) in [5, 5.41) is 0. The van der Waals surface area contributed by atoms with Gasteiger partial charge >= 0.3 is 0 Å². The quantitative estimate of drug-likeness (QED) is 0.609. The summed E-state index contributed by atoms with van der Waals surface area (Å²) in [6.45, 7) is 4.27. The molecule has 0 saturated carbocycles. The molecule has 0 aromatic carbocycles. The third kappa shape index (κ3) is 1.97. The Morgan fingerprint density at radius 1 is 1.55 bits per heavy atom. The van der Waals surface area contributed by atoms with Crippen molar-refractivity contribution < 1.29 is 0 Å². The second kappa shape index (κ2) is 3.42. The molecule has 1 rings (SSSR count). The topological polar surface area (TPSA) is 26.0 Å². The molecule has 0 aliphatic heterocycles. The smallest absolute Gasteiger partial charge is 0.0343 e. The van der Waals surface area contributed by atoms with E-state index in [0.29, 0.717) is 0 Å². The average Bonchev–Trinajstić information content (AvgIpc) is 2.13. The molecule has 0 unspecified atom stereocenters. The van der Waals surface area contributed by atoms with Crippen LogP contribution in [0.25, 0.3) is 0 Å². The molecule has 60 valence electrons. The van der Waals surface area contributed by atoms with Gasteiger partial charge in [-0.3, -0.25) is 0 Å². The van der Waals surface area contributed by atoms with Gasteiger partial charge in [0, 0.05) is 5.70 Å². The van der Waals surface area contributed by atoms with Gasteiger partial charge in [0.1, 0.15) is 0 Å². The van der Waals surface area contributed by atoms with E-state index in [2.05, 4.69) is 26.0 Å². The molecule has 11 heavy (non-hydrogen) atoms. The first kappa shape index (κ1) is 8.12. The van der Waals surface area contributed by atoms with Gasteiger partial charge in [0.05, 0.1) is 0 Å². The van der Waals surface area contributed by atoms with E-state index in [9.17, 15) is 0 Å². The molecule has 0 amide bonds. The zero-order valence-corrected chi connectivity index (χ0v) is 7.22. The average molecular weight is 149 g/mol. The number of rotatable bonds is 1. The second-order valence-corrected chi connectivity index (χ2v) is 2.93. The van der Waals surface area contributed by atoms with Crippen LogP contribution in [0.15, 0.2) is 35.1 Å². The summed E-state index contributed by atoms with van der Waals surface area (Å²) >= 11 is 0. The molecule has 0 bridgehead atoms. The third-order valence-corrected chi connectivity index (χ3v) is 1.91. The first-order valence-corrected chi connectivity index (χ1v) is 4.06. The van der Waals surface area contributed by atoms with Gasteiger partial charge in [0.25, 0.3) is 0 Å². The van der Waals surface area contributed by atoms with Crippen molar-refractivity contribution in [3.63, 3.8) is 0 Å². The molecular weight excluding hydrogens is 134 g/mol. The van der Waals surface area contributed by atoms with E-state index in [4.69, 9.17) is 5.73 Å². The monoisotopic (exact) mass is 149 g/mol. The highest BCUT2D eigenvalue weighted by Crippen LogP contribution is 2.16. The van der Waals surface area contributed by atoms with E-state index in [1.54, 1.807) is 0 Å². The first-order chi connectivity index (χ1) is 5.24. The Labute approximate surface area is 68.3 Å². The van der Waals surface area contributed by atoms with Crippen molar-refractivity contribution in [1.82, 2.24) is 0 Å². The Balaban J connectivity index is 2.97. The third-order valence-electron chi connectivity index (χ3n) is 1.91. The van der Waals surface area contributed by atoms with E-state index in [1.807, 2.05) is 6.08 Å². The van der Waals surface area contributed by atoms with E-state index >= 15 is 0 Å². The van der Waals surface area contributed by atoms with E-state index in [1.165, 1.54) is 11.1 Å². The van der Waals surface area contributed by atoms with Crippen molar-refractivity contribution in [3.05, 3.63) is 35.1 Å². The SMILES string of the molecule is CCC1=C(N)C=CCC(C)=C1. The summed E-state index contributed by atoms with van der Waals surface area (Å²) in [4.78, 5) is 0. The highest BCUT2D eigenvalue weighted by Gasteiger charge is 1.99. The number of nitrogens with two attached hydrogens (primary N) is 1. The minimum absolute atomic E-state index is 0.921. The van der Waals surface area contributed by atoms with Crippen molar-refractivity contribution in [2.45, 2.75) is 26.7 Å². The molecular formula is C10H15N. The van der Waals surface area contributed by atoms with Crippen molar-refractivity contribution in [2.75, 3.05) is 0 Å². The Morgan fingerprint density at radius 2 is 2.27 bits per heavy atom. The number of allylic oxidation sites excluding steroid dienone is 5. The molecule has 0 aromatic heterocycles. The lowest BCUT2D eigenvalue weighted by molar-refractivity contribution is 1.10. The molecule has 1 aliphatic rings. The first-order valence-electron chi connectivity index (χ1n) is 4.06. The van der Waals surface area contributed by atoms with E-state index < -0.39 is 0 Å². The predicted octanol–water partition coefficient (Wildman–Crippen LogP) is 2.52. The largest absolute Gasteiger partial charge is 0.399 e. The van der Waals surface area contributed by atoms with Gasteiger partial charge in [0.15, 0.2) is 0 Å². The second-order valence-electron chi connectivity index (χ2n) is 2.93. The van der Waals surface area contributed by atoms with Gasteiger partial charge in [-0.1, -0.05) is 24.6 Å². The Hall–Kier alpha value is -0.980. The summed E-state index contributed by atoms with van der Waals surface area (Å²) in [5.74, 6) is 0. The van der Waals surface area contributed by atoms with Crippen LogP contribution in [0.2, 0.25) is 0 Å². The van der Waals surface area contributed by atoms with Crippen LogP contribution >= 0.6 is 0 Å². The summed E-state index contributed by atoms with van der Waals surface area (Å²) in [7, 11) is 0. The molecule has 1 nitrogen and oxygen atoms in total. The fraction of sp³-hybridized carbons (Fsp3) is 0.400. The van der Waals surface area contributed by atoms with Gasteiger partial charge in [-0.2, -0.15) is 0 Å². The van der Waals surface area contributed by atoms with Crippen molar-refractivity contribution in [3.8, 4) is 0 Å². The zero-order valence-electron chi connectivity index (χ0n) is 7.22. The van der Waals surface area contributed by atoms with Crippen LogP contribution in [-0.4, -0.2) is 0 Å². The van der Waals surface area contributed by atoms with Gasteiger partial charge in [-0.25, -0.2) is 0 Å².